The Bertz CT molecular complexity index is 967. The third kappa shape index (κ3) is 6.18. The van der Waals surface area contributed by atoms with E-state index in [0.29, 0.717) is 11.4 Å². The highest BCUT2D eigenvalue weighted by atomic mass is 79.9. The van der Waals surface area contributed by atoms with Crippen LogP contribution in [0.4, 0.5) is 5.69 Å². The SMILES string of the molecule is C/C(=N/NC(=O)CN(c1cc(C)cc(C)c1)S(C)(=O)=O)c1cccc(Br)c1. The molecule has 0 saturated heterocycles. The second kappa shape index (κ2) is 8.67. The first kappa shape index (κ1) is 21.1. The number of aryl methyl sites for hydroxylation is 2. The number of amides is 1. The number of nitrogens with zero attached hydrogens (tertiary/aromatic N) is 2. The van der Waals surface area contributed by atoms with Crippen molar-refractivity contribution in [3.63, 3.8) is 0 Å². The van der Waals surface area contributed by atoms with Crippen molar-refractivity contribution in [2.75, 3.05) is 17.1 Å². The van der Waals surface area contributed by atoms with E-state index >= 15 is 0 Å². The number of carbonyl (C=O) groups excluding carboxylic acids is 1. The van der Waals surface area contributed by atoms with Crippen molar-refractivity contribution in [1.29, 1.82) is 0 Å². The van der Waals surface area contributed by atoms with Crippen LogP contribution in [0, 0.1) is 13.8 Å². The average molecular weight is 452 g/mol. The van der Waals surface area contributed by atoms with Crippen LogP contribution in [0.1, 0.15) is 23.6 Å². The minimum Gasteiger partial charge on any atom is -0.271 e. The summed E-state index contributed by atoms with van der Waals surface area (Å²) in [5, 5.41) is 4.07. The fourth-order valence-corrected chi connectivity index (χ4v) is 3.82. The largest absolute Gasteiger partial charge is 0.271 e. The molecule has 0 aliphatic heterocycles. The fraction of sp³-hybridized carbons (Fsp3) is 0.263. The molecule has 0 aliphatic carbocycles. The topological polar surface area (TPSA) is 78.8 Å². The Hall–Kier alpha value is -2.19. The smallest absolute Gasteiger partial charge is 0.260 e. The standard InChI is InChI=1S/C19H22BrN3O3S/c1-13-8-14(2)10-18(9-13)23(27(4,25)26)12-19(24)22-21-15(3)16-6-5-7-17(20)11-16/h5-11H,12H2,1-4H3,(H,22,24)/b21-15-. The lowest BCUT2D eigenvalue weighted by Gasteiger charge is -2.22. The summed E-state index contributed by atoms with van der Waals surface area (Å²) in [6, 6.07) is 12.9. The Morgan fingerprint density at radius 1 is 1.15 bits per heavy atom. The van der Waals surface area contributed by atoms with E-state index in [1.54, 1.807) is 19.1 Å². The molecule has 6 nitrogen and oxygen atoms in total. The summed E-state index contributed by atoms with van der Waals surface area (Å²) in [5.41, 5.74) is 6.18. The maximum Gasteiger partial charge on any atom is 0.260 e. The van der Waals surface area contributed by atoms with Crippen molar-refractivity contribution in [1.82, 2.24) is 5.43 Å². The van der Waals surface area contributed by atoms with Gasteiger partial charge < -0.3 is 0 Å². The number of rotatable bonds is 6. The van der Waals surface area contributed by atoms with Gasteiger partial charge in [-0.25, -0.2) is 13.8 Å². The summed E-state index contributed by atoms with van der Waals surface area (Å²) >= 11 is 3.39. The summed E-state index contributed by atoms with van der Waals surface area (Å²) in [4.78, 5) is 12.3. The van der Waals surface area contributed by atoms with Gasteiger partial charge in [0.2, 0.25) is 10.0 Å². The Labute approximate surface area is 168 Å². The van der Waals surface area contributed by atoms with E-state index in [9.17, 15) is 13.2 Å². The number of hydrogen-bond acceptors (Lipinski definition) is 4. The number of anilines is 1. The van der Waals surface area contributed by atoms with Crippen molar-refractivity contribution in [3.05, 3.63) is 63.6 Å². The molecule has 2 aromatic rings. The zero-order chi connectivity index (χ0) is 20.2. The van der Waals surface area contributed by atoms with Gasteiger partial charge in [-0.05, 0) is 61.7 Å². The molecule has 144 valence electrons. The van der Waals surface area contributed by atoms with Gasteiger partial charge in [0.05, 0.1) is 17.7 Å². The Morgan fingerprint density at radius 2 is 1.78 bits per heavy atom. The minimum atomic E-state index is -3.63. The third-order valence-corrected chi connectivity index (χ3v) is 5.41. The van der Waals surface area contributed by atoms with Crippen LogP contribution in [0.25, 0.3) is 0 Å². The monoisotopic (exact) mass is 451 g/mol. The van der Waals surface area contributed by atoms with Gasteiger partial charge >= 0.3 is 0 Å². The number of benzene rings is 2. The van der Waals surface area contributed by atoms with Gasteiger partial charge in [0, 0.05) is 4.47 Å². The summed E-state index contributed by atoms with van der Waals surface area (Å²) in [7, 11) is -3.63. The van der Waals surface area contributed by atoms with Crippen LogP contribution in [0.2, 0.25) is 0 Å². The molecule has 0 unspecified atom stereocenters. The summed E-state index contributed by atoms with van der Waals surface area (Å²) < 4.78 is 26.4. The average Bonchev–Trinajstić information content (AvgIpc) is 2.55. The molecule has 0 saturated carbocycles. The van der Waals surface area contributed by atoms with Crippen molar-refractivity contribution < 1.29 is 13.2 Å². The van der Waals surface area contributed by atoms with Gasteiger partial charge in [-0.3, -0.25) is 9.10 Å². The van der Waals surface area contributed by atoms with Gasteiger partial charge in [0.25, 0.3) is 5.91 Å². The molecular weight excluding hydrogens is 430 g/mol. The van der Waals surface area contributed by atoms with Crippen molar-refractivity contribution in [2.45, 2.75) is 20.8 Å². The lowest BCUT2D eigenvalue weighted by Crippen LogP contribution is -2.39. The highest BCUT2D eigenvalue weighted by Gasteiger charge is 2.21. The highest BCUT2D eigenvalue weighted by molar-refractivity contribution is 9.10. The van der Waals surface area contributed by atoms with Crippen LogP contribution < -0.4 is 9.73 Å². The third-order valence-electron chi connectivity index (χ3n) is 3.77. The van der Waals surface area contributed by atoms with Gasteiger partial charge in [0.15, 0.2) is 0 Å². The van der Waals surface area contributed by atoms with Crippen LogP contribution >= 0.6 is 15.9 Å². The molecular formula is C19H22BrN3O3S. The molecule has 0 bridgehead atoms. The van der Waals surface area contributed by atoms with Gasteiger partial charge in [0.1, 0.15) is 6.54 Å². The lowest BCUT2D eigenvalue weighted by molar-refractivity contribution is -0.119. The second-order valence-corrected chi connectivity index (χ2v) is 9.18. The maximum atomic E-state index is 12.3. The molecule has 0 spiro atoms. The van der Waals surface area contributed by atoms with E-state index in [1.165, 1.54) is 0 Å². The quantitative estimate of drug-likeness (QED) is 0.539. The van der Waals surface area contributed by atoms with Gasteiger partial charge in [-0.1, -0.05) is 34.1 Å². The van der Waals surface area contributed by atoms with Crippen LogP contribution in [0.5, 0.6) is 0 Å². The first-order chi connectivity index (χ1) is 12.6. The molecule has 2 aromatic carbocycles. The first-order valence-electron chi connectivity index (χ1n) is 8.21. The number of hydrogen-bond donors (Lipinski definition) is 1. The van der Waals surface area contributed by atoms with E-state index in [0.717, 1.165) is 31.7 Å². The first-order valence-corrected chi connectivity index (χ1v) is 10.9. The lowest BCUT2D eigenvalue weighted by atomic mass is 10.1. The maximum absolute atomic E-state index is 12.3. The molecule has 0 fully saturated rings. The van der Waals surface area contributed by atoms with E-state index in [-0.39, 0.29) is 6.54 Å². The fourth-order valence-electron chi connectivity index (χ4n) is 2.58. The highest BCUT2D eigenvalue weighted by Crippen LogP contribution is 2.21. The molecule has 1 amide bonds. The van der Waals surface area contributed by atoms with Crippen LogP contribution in [0.15, 0.2) is 52.0 Å². The zero-order valence-electron chi connectivity index (χ0n) is 15.7. The molecule has 0 heterocycles. The van der Waals surface area contributed by atoms with Crippen molar-refractivity contribution >= 4 is 43.3 Å². The molecule has 1 N–H and O–H groups in total. The van der Waals surface area contributed by atoms with Crippen molar-refractivity contribution in [2.24, 2.45) is 5.10 Å². The molecule has 0 aliphatic rings. The van der Waals surface area contributed by atoms with Crippen molar-refractivity contribution in [3.8, 4) is 0 Å². The van der Waals surface area contributed by atoms with Crippen LogP contribution in [-0.2, 0) is 14.8 Å². The predicted octanol–water partition coefficient (Wildman–Crippen LogP) is 3.37. The van der Waals surface area contributed by atoms with Crippen LogP contribution in [0.3, 0.4) is 0 Å². The second-order valence-electron chi connectivity index (χ2n) is 6.36. The molecule has 0 atom stereocenters. The van der Waals surface area contributed by atoms with E-state index < -0.39 is 15.9 Å². The number of nitrogens with one attached hydrogen (secondary N) is 1. The van der Waals surface area contributed by atoms with Gasteiger partial charge in [-0.15, -0.1) is 0 Å². The van der Waals surface area contributed by atoms with E-state index in [4.69, 9.17) is 0 Å². The molecule has 8 heteroatoms. The Kier molecular flexibility index (Phi) is 6.78. The number of halogens is 1. The molecule has 2 rings (SSSR count). The number of hydrazone groups is 1. The Balaban J connectivity index is 2.18. The van der Waals surface area contributed by atoms with E-state index in [1.807, 2.05) is 44.2 Å². The minimum absolute atomic E-state index is 0.350. The molecule has 0 radical (unpaired) electrons. The predicted molar refractivity (Wildman–Crippen MR) is 113 cm³/mol. The molecule has 27 heavy (non-hydrogen) atoms. The number of sulfonamides is 1. The normalized spacial score (nSPS) is 12.0. The van der Waals surface area contributed by atoms with Gasteiger partial charge in [-0.2, -0.15) is 5.10 Å². The zero-order valence-corrected chi connectivity index (χ0v) is 18.1. The summed E-state index contributed by atoms with van der Waals surface area (Å²) in [6.07, 6.45) is 1.08. The summed E-state index contributed by atoms with van der Waals surface area (Å²) in [6.45, 7) is 5.17. The summed E-state index contributed by atoms with van der Waals surface area (Å²) in [5.74, 6) is -0.520. The molecule has 0 aromatic heterocycles. The van der Waals surface area contributed by atoms with E-state index in [2.05, 4.69) is 26.5 Å². The number of carbonyl (C=O) groups is 1. The Morgan fingerprint density at radius 3 is 2.33 bits per heavy atom. The van der Waals surface area contributed by atoms with Crippen LogP contribution in [-0.4, -0.2) is 32.8 Å².